The molecule has 1 aromatic heterocycles. The molecule has 0 spiro atoms. The van der Waals surface area contributed by atoms with Crippen molar-refractivity contribution in [1.82, 2.24) is 0 Å². The SMILES string of the molecule is CC[C@H]1OC(OC)(c2ccc(C)c(Cc3ccc(-c4ccc(F)cc4)s3)c2)[C@H](OC(C)=O)[C@@H](OC(C)=O)[C@@H]1OC(C)=O. The molecule has 2 heterocycles. The summed E-state index contributed by atoms with van der Waals surface area (Å²) >= 11 is 1.61. The van der Waals surface area contributed by atoms with Crippen LogP contribution in [0, 0.1) is 12.7 Å². The zero-order valence-corrected chi connectivity index (χ0v) is 25.3. The van der Waals surface area contributed by atoms with E-state index in [1.54, 1.807) is 23.5 Å². The summed E-state index contributed by atoms with van der Waals surface area (Å²) in [6, 6.07) is 16.1. The zero-order chi connectivity index (χ0) is 30.6. The van der Waals surface area contributed by atoms with Gasteiger partial charge < -0.3 is 23.7 Å². The minimum atomic E-state index is -1.68. The third-order valence-electron chi connectivity index (χ3n) is 7.20. The number of methoxy groups -OCH3 is 1. The number of ether oxygens (including phenoxy) is 5. The summed E-state index contributed by atoms with van der Waals surface area (Å²) in [5, 5.41) is 0. The molecule has 42 heavy (non-hydrogen) atoms. The van der Waals surface area contributed by atoms with Crippen molar-refractivity contribution in [2.75, 3.05) is 7.11 Å². The van der Waals surface area contributed by atoms with Gasteiger partial charge in [-0.1, -0.05) is 31.2 Å². The Labute approximate surface area is 248 Å². The number of aryl methyl sites for hydroxylation is 1. The molecule has 224 valence electrons. The lowest BCUT2D eigenvalue weighted by Crippen LogP contribution is -2.66. The number of hydrogen-bond acceptors (Lipinski definition) is 9. The van der Waals surface area contributed by atoms with Gasteiger partial charge in [0.1, 0.15) is 11.9 Å². The molecule has 0 saturated carbocycles. The first-order chi connectivity index (χ1) is 20.0. The highest BCUT2D eigenvalue weighted by atomic mass is 32.1. The summed E-state index contributed by atoms with van der Waals surface area (Å²) in [4.78, 5) is 38.7. The fourth-order valence-electron chi connectivity index (χ4n) is 5.28. The monoisotopic (exact) mass is 598 g/mol. The summed E-state index contributed by atoms with van der Waals surface area (Å²) in [7, 11) is 1.42. The lowest BCUT2D eigenvalue weighted by atomic mass is 9.85. The number of carbonyl (C=O) groups excluding carboxylic acids is 3. The van der Waals surface area contributed by atoms with Crippen molar-refractivity contribution in [1.29, 1.82) is 0 Å². The van der Waals surface area contributed by atoms with E-state index in [9.17, 15) is 18.8 Å². The van der Waals surface area contributed by atoms with E-state index in [1.807, 2.05) is 44.2 Å². The Morgan fingerprint density at radius 1 is 0.905 bits per heavy atom. The van der Waals surface area contributed by atoms with Crippen molar-refractivity contribution in [2.45, 2.75) is 77.7 Å². The molecule has 2 aromatic carbocycles. The zero-order valence-electron chi connectivity index (χ0n) is 24.5. The van der Waals surface area contributed by atoms with E-state index in [4.69, 9.17) is 23.7 Å². The van der Waals surface area contributed by atoms with Crippen LogP contribution in [0.1, 0.15) is 55.7 Å². The number of rotatable bonds is 9. The maximum absolute atomic E-state index is 13.4. The molecule has 8 nitrogen and oxygen atoms in total. The van der Waals surface area contributed by atoms with Crippen LogP contribution in [0.15, 0.2) is 54.6 Å². The standard InChI is InChI=1S/C32H35FO8S/c1-7-27-29(38-19(3)34)30(39-20(4)35)31(40-21(5)36)32(37-6,41-27)24-11-8-18(2)23(16-24)17-26-14-15-28(42-26)22-9-12-25(33)13-10-22/h8-16,27,29-31H,7,17H2,1-6H3/t27-,29-,30+,31-,32?/m1/s1. The fraction of sp³-hybridized carbons (Fsp3) is 0.406. The quantitative estimate of drug-likeness (QED) is 0.223. The van der Waals surface area contributed by atoms with Gasteiger partial charge in [0.15, 0.2) is 12.2 Å². The highest BCUT2D eigenvalue weighted by molar-refractivity contribution is 7.15. The first-order valence-electron chi connectivity index (χ1n) is 13.7. The van der Waals surface area contributed by atoms with Crippen molar-refractivity contribution in [3.05, 3.63) is 82.0 Å². The van der Waals surface area contributed by atoms with Crippen molar-refractivity contribution in [3.63, 3.8) is 0 Å². The lowest BCUT2D eigenvalue weighted by Gasteiger charge is -2.50. The molecule has 1 saturated heterocycles. The predicted octanol–water partition coefficient (Wildman–Crippen LogP) is 5.86. The maximum atomic E-state index is 13.4. The van der Waals surface area contributed by atoms with Gasteiger partial charge in [-0.3, -0.25) is 14.4 Å². The van der Waals surface area contributed by atoms with Crippen LogP contribution in [0.5, 0.6) is 0 Å². The molecule has 1 unspecified atom stereocenters. The van der Waals surface area contributed by atoms with Gasteiger partial charge in [0.2, 0.25) is 11.9 Å². The van der Waals surface area contributed by atoms with Crippen LogP contribution in [-0.4, -0.2) is 49.4 Å². The molecule has 1 aliphatic rings. The molecule has 10 heteroatoms. The van der Waals surface area contributed by atoms with E-state index in [0.717, 1.165) is 26.4 Å². The summed E-state index contributed by atoms with van der Waals surface area (Å²) in [5.41, 5.74) is 3.47. The molecule has 0 N–H and O–H groups in total. The Hall–Kier alpha value is -3.60. The summed E-state index contributed by atoms with van der Waals surface area (Å²) in [6.07, 6.45) is -3.30. The number of esters is 3. The normalized spacial score (nSPS) is 23.7. The average Bonchev–Trinajstić information content (AvgIpc) is 3.40. The number of benzene rings is 2. The highest BCUT2D eigenvalue weighted by Crippen LogP contribution is 2.44. The summed E-state index contributed by atoms with van der Waals surface area (Å²) < 4.78 is 42.9. The molecule has 0 aliphatic carbocycles. The van der Waals surface area contributed by atoms with Crippen LogP contribution in [0.25, 0.3) is 10.4 Å². The van der Waals surface area contributed by atoms with Crippen LogP contribution in [0.4, 0.5) is 4.39 Å². The Kier molecular flexibility index (Phi) is 9.81. The van der Waals surface area contributed by atoms with Crippen LogP contribution < -0.4 is 0 Å². The van der Waals surface area contributed by atoms with Gasteiger partial charge in [-0.05, 0) is 60.4 Å². The van der Waals surface area contributed by atoms with Crippen molar-refractivity contribution >= 4 is 29.2 Å². The van der Waals surface area contributed by atoms with E-state index < -0.39 is 48.1 Å². The van der Waals surface area contributed by atoms with Crippen molar-refractivity contribution in [2.24, 2.45) is 0 Å². The molecule has 0 bridgehead atoms. The minimum Gasteiger partial charge on any atom is -0.456 e. The van der Waals surface area contributed by atoms with Gasteiger partial charge >= 0.3 is 17.9 Å². The summed E-state index contributed by atoms with van der Waals surface area (Å²) in [6.45, 7) is 7.54. The third kappa shape index (κ3) is 6.72. The molecule has 0 radical (unpaired) electrons. The Bertz CT molecular complexity index is 1430. The molecule has 4 rings (SSSR count). The van der Waals surface area contributed by atoms with Crippen LogP contribution in [0.2, 0.25) is 0 Å². The molecule has 3 aromatic rings. The van der Waals surface area contributed by atoms with Crippen LogP contribution in [-0.2, 0) is 50.3 Å². The average molecular weight is 599 g/mol. The Balaban J connectivity index is 1.76. The topological polar surface area (TPSA) is 97.4 Å². The van der Waals surface area contributed by atoms with Crippen LogP contribution >= 0.6 is 11.3 Å². The van der Waals surface area contributed by atoms with E-state index in [0.29, 0.717) is 18.4 Å². The Morgan fingerprint density at radius 3 is 2.14 bits per heavy atom. The van der Waals surface area contributed by atoms with E-state index in [2.05, 4.69) is 0 Å². The van der Waals surface area contributed by atoms with Gasteiger partial charge in [0.25, 0.3) is 0 Å². The van der Waals surface area contributed by atoms with E-state index in [-0.39, 0.29) is 5.82 Å². The van der Waals surface area contributed by atoms with Gasteiger partial charge in [-0.25, -0.2) is 4.39 Å². The number of carbonyl (C=O) groups is 3. The molecule has 5 atom stereocenters. The smallest absolute Gasteiger partial charge is 0.303 e. The molecular formula is C32H35FO8S. The number of halogens is 1. The fourth-order valence-corrected chi connectivity index (χ4v) is 6.31. The first kappa shape index (κ1) is 31.3. The van der Waals surface area contributed by atoms with Gasteiger partial charge in [-0.2, -0.15) is 0 Å². The van der Waals surface area contributed by atoms with Gasteiger partial charge in [0.05, 0.1) is 0 Å². The number of thiophene rings is 1. The van der Waals surface area contributed by atoms with E-state index in [1.165, 1.54) is 40.0 Å². The molecule has 1 aliphatic heterocycles. The minimum absolute atomic E-state index is 0.285. The second-order valence-corrected chi connectivity index (χ2v) is 11.4. The van der Waals surface area contributed by atoms with Crippen molar-refractivity contribution in [3.8, 4) is 10.4 Å². The number of hydrogen-bond donors (Lipinski definition) is 0. The second-order valence-electron chi connectivity index (χ2n) is 10.2. The molecule has 1 fully saturated rings. The third-order valence-corrected chi connectivity index (χ3v) is 8.33. The molecular weight excluding hydrogens is 563 g/mol. The van der Waals surface area contributed by atoms with Crippen LogP contribution in [0.3, 0.4) is 0 Å². The van der Waals surface area contributed by atoms with Gasteiger partial charge in [-0.15, -0.1) is 11.3 Å². The molecule has 0 amide bonds. The Morgan fingerprint density at radius 2 is 1.55 bits per heavy atom. The highest BCUT2D eigenvalue weighted by Gasteiger charge is 2.60. The van der Waals surface area contributed by atoms with Gasteiger partial charge in [0, 0.05) is 49.6 Å². The second kappa shape index (κ2) is 13.1. The maximum Gasteiger partial charge on any atom is 0.303 e. The predicted molar refractivity (Wildman–Crippen MR) is 154 cm³/mol. The van der Waals surface area contributed by atoms with Crippen molar-refractivity contribution < 1.29 is 42.5 Å². The lowest BCUT2D eigenvalue weighted by molar-refractivity contribution is -0.365. The largest absolute Gasteiger partial charge is 0.456 e. The first-order valence-corrected chi connectivity index (χ1v) is 14.5. The summed E-state index contributed by atoms with van der Waals surface area (Å²) in [5.74, 6) is -3.86. The van der Waals surface area contributed by atoms with E-state index >= 15 is 0 Å².